The zero-order valence-corrected chi connectivity index (χ0v) is 11.7. The van der Waals surface area contributed by atoms with E-state index >= 15 is 0 Å². The summed E-state index contributed by atoms with van der Waals surface area (Å²) in [7, 11) is 1.50. The van der Waals surface area contributed by atoms with Gasteiger partial charge in [0.2, 0.25) is 0 Å². The summed E-state index contributed by atoms with van der Waals surface area (Å²) in [6.45, 7) is 3.55. The number of rotatable bonds is 3. The van der Waals surface area contributed by atoms with Gasteiger partial charge >= 0.3 is 0 Å². The van der Waals surface area contributed by atoms with Crippen LogP contribution in [0.5, 0.6) is 0 Å². The molecular formula is C12H14ClNO3S. The summed E-state index contributed by atoms with van der Waals surface area (Å²) >= 11 is 0. The van der Waals surface area contributed by atoms with Crippen molar-refractivity contribution in [1.82, 2.24) is 5.32 Å². The Morgan fingerprint density at radius 1 is 1.33 bits per heavy atom. The first-order valence-electron chi connectivity index (χ1n) is 5.66. The highest BCUT2D eigenvalue weighted by Crippen LogP contribution is 2.24. The first kappa shape index (κ1) is 13.4. The van der Waals surface area contributed by atoms with Gasteiger partial charge in [0.15, 0.2) is 0 Å². The lowest BCUT2D eigenvalue weighted by Crippen LogP contribution is -2.26. The standard InChI is InChI=1S/C12H14ClNO3S/c1-7-5-10(18(13,16)17)6-11(8(7)2)12(15)14-9-3-4-9/h5-6,9H,3-4H2,1-2H3,(H,14,15). The molecule has 4 nitrogen and oxygen atoms in total. The molecule has 0 heterocycles. The Morgan fingerprint density at radius 2 is 1.94 bits per heavy atom. The molecule has 1 aliphatic carbocycles. The Balaban J connectivity index is 2.44. The Kier molecular flexibility index (Phi) is 3.38. The van der Waals surface area contributed by atoms with Gasteiger partial charge < -0.3 is 5.32 Å². The molecule has 98 valence electrons. The minimum atomic E-state index is -3.82. The van der Waals surface area contributed by atoms with Gasteiger partial charge in [-0.15, -0.1) is 0 Å². The number of halogens is 1. The maximum Gasteiger partial charge on any atom is 0.261 e. The summed E-state index contributed by atoms with van der Waals surface area (Å²) in [4.78, 5) is 12.0. The van der Waals surface area contributed by atoms with Gasteiger partial charge in [-0.3, -0.25) is 4.79 Å². The lowest BCUT2D eigenvalue weighted by atomic mass is 10.0. The fourth-order valence-corrected chi connectivity index (χ4v) is 2.54. The Bertz CT molecular complexity index is 606. The van der Waals surface area contributed by atoms with Crippen molar-refractivity contribution in [2.45, 2.75) is 37.6 Å². The lowest BCUT2D eigenvalue weighted by molar-refractivity contribution is 0.0950. The van der Waals surface area contributed by atoms with Gasteiger partial charge in [-0.1, -0.05) is 0 Å². The second-order valence-corrected chi connectivity index (χ2v) is 7.16. The van der Waals surface area contributed by atoms with Crippen molar-refractivity contribution in [2.24, 2.45) is 0 Å². The zero-order chi connectivity index (χ0) is 13.5. The zero-order valence-electron chi connectivity index (χ0n) is 10.2. The maximum atomic E-state index is 12.0. The normalized spacial score (nSPS) is 15.5. The van der Waals surface area contributed by atoms with Crippen molar-refractivity contribution in [1.29, 1.82) is 0 Å². The van der Waals surface area contributed by atoms with Crippen molar-refractivity contribution in [2.75, 3.05) is 0 Å². The van der Waals surface area contributed by atoms with Gasteiger partial charge in [0, 0.05) is 22.3 Å². The predicted molar refractivity (Wildman–Crippen MR) is 69.4 cm³/mol. The van der Waals surface area contributed by atoms with Gasteiger partial charge in [0.1, 0.15) is 0 Å². The van der Waals surface area contributed by atoms with E-state index in [1.54, 1.807) is 13.8 Å². The second-order valence-electron chi connectivity index (χ2n) is 4.60. The molecule has 0 aromatic heterocycles. The largest absolute Gasteiger partial charge is 0.349 e. The van der Waals surface area contributed by atoms with Gasteiger partial charge in [0.25, 0.3) is 15.0 Å². The number of aryl methyl sites for hydroxylation is 1. The van der Waals surface area contributed by atoms with E-state index in [0.29, 0.717) is 5.56 Å². The van der Waals surface area contributed by atoms with Crippen molar-refractivity contribution in [3.05, 3.63) is 28.8 Å². The van der Waals surface area contributed by atoms with Crippen LogP contribution >= 0.6 is 10.7 Å². The van der Waals surface area contributed by atoms with Crippen LogP contribution < -0.4 is 5.32 Å². The van der Waals surface area contributed by atoms with E-state index in [0.717, 1.165) is 24.0 Å². The molecule has 0 atom stereocenters. The summed E-state index contributed by atoms with van der Waals surface area (Å²) < 4.78 is 22.7. The van der Waals surface area contributed by atoms with Crippen LogP contribution in [0.1, 0.15) is 34.3 Å². The molecule has 1 saturated carbocycles. The summed E-state index contributed by atoms with van der Waals surface area (Å²) in [6, 6.07) is 3.04. The van der Waals surface area contributed by atoms with E-state index in [-0.39, 0.29) is 16.8 Å². The van der Waals surface area contributed by atoms with Crippen molar-refractivity contribution >= 4 is 25.6 Å². The third-order valence-electron chi connectivity index (χ3n) is 3.08. The van der Waals surface area contributed by atoms with E-state index < -0.39 is 9.05 Å². The molecule has 0 radical (unpaired) electrons. The van der Waals surface area contributed by atoms with Crippen molar-refractivity contribution in [3.8, 4) is 0 Å². The number of nitrogens with one attached hydrogen (secondary N) is 1. The van der Waals surface area contributed by atoms with Crippen LogP contribution in [0.3, 0.4) is 0 Å². The van der Waals surface area contributed by atoms with Gasteiger partial charge in [-0.05, 0) is 49.9 Å². The molecule has 1 fully saturated rings. The topological polar surface area (TPSA) is 63.2 Å². The van der Waals surface area contributed by atoms with Crippen LogP contribution in [0, 0.1) is 13.8 Å². The number of amides is 1. The number of hydrogen-bond donors (Lipinski definition) is 1. The van der Waals surface area contributed by atoms with Gasteiger partial charge in [-0.25, -0.2) is 8.42 Å². The number of hydrogen-bond acceptors (Lipinski definition) is 3. The highest BCUT2D eigenvalue weighted by Gasteiger charge is 2.25. The van der Waals surface area contributed by atoms with Crippen LogP contribution in [-0.2, 0) is 9.05 Å². The van der Waals surface area contributed by atoms with Crippen molar-refractivity contribution in [3.63, 3.8) is 0 Å². The number of carbonyl (C=O) groups excluding carboxylic acids is 1. The van der Waals surface area contributed by atoms with Crippen LogP contribution in [0.2, 0.25) is 0 Å². The third-order valence-corrected chi connectivity index (χ3v) is 4.41. The van der Waals surface area contributed by atoms with E-state index in [4.69, 9.17) is 10.7 Å². The highest BCUT2D eigenvalue weighted by atomic mass is 35.7. The number of carbonyl (C=O) groups is 1. The number of benzene rings is 1. The molecule has 1 aromatic carbocycles. The smallest absolute Gasteiger partial charge is 0.261 e. The molecule has 2 rings (SSSR count). The molecule has 6 heteroatoms. The molecular weight excluding hydrogens is 274 g/mol. The average Bonchev–Trinajstić information content (AvgIpc) is 3.03. The monoisotopic (exact) mass is 287 g/mol. The molecule has 0 aliphatic heterocycles. The fourth-order valence-electron chi connectivity index (χ4n) is 1.69. The highest BCUT2D eigenvalue weighted by molar-refractivity contribution is 8.13. The Morgan fingerprint density at radius 3 is 2.44 bits per heavy atom. The SMILES string of the molecule is Cc1cc(S(=O)(=O)Cl)cc(C(=O)NC2CC2)c1C. The lowest BCUT2D eigenvalue weighted by Gasteiger charge is -2.10. The van der Waals surface area contributed by atoms with Crippen LogP contribution in [0.25, 0.3) is 0 Å². The Hall–Kier alpha value is -1.07. The third kappa shape index (κ3) is 2.84. The van der Waals surface area contributed by atoms with Crippen LogP contribution in [0.15, 0.2) is 17.0 Å². The van der Waals surface area contributed by atoms with Gasteiger partial charge in [0.05, 0.1) is 4.90 Å². The van der Waals surface area contributed by atoms with E-state index in [1.807, 2.05) is 0 Å². The minimum Gasteiger partial charge on any atom is -0.349 e. The molecule has 1 aromatic rings. The minimum absolute atomic E-state index is 0.0341. The molecule has 0 unspecified atom stereocenters. The first-order valence-corrected chi connectivity index (χ1v) is 7.97. The van der Waals surface area contributed by atoms with E-state index in [1.165, 1.54) is 12.1 Å². The van der Waals surface area contributed by atoms with Gasteiger partial charge in [-0.2, -0.15) is 0 Å². The predicted octanol–water partition coefficient (Wildman–Crippen LogP) is 2.12. The van der Waals surface area contributed by atoms with Crippen molar-refractivity contribution < 1.29 is 13.2 Å². The molecule has 1 aliphatic rings. The second kappa shape index (κ2) is 4.55. The molecule has 1 amide bonds. The molecule has 18 heavy (non-hydrogen) atoms. The summed E-state index contributed by atoms with van der Waals surface area (Å²) in [6.07, 6.45) is 1.97. The molecule has 0 spiro atoms. The summed E-state index contributed by atoms with van der Waals surface area (Å²) in [5.41, 5.74) is 1.89. The first-order chi connectivity index (χ1) is 8.29. The quantitative estimate of drug-likeness (QED) is 0.866. The fraction of sp³-hybridized carbons (Fsp3) is 0.417. The summed E-state index contributed by atoms with van der Waals surface area (Å²) in [5, 5.41) is 2.84. The van der Waals surface area contributed by atoms with E-state index in [2.05, 4.69) is 5.32 Å². The van der Waals surface area contributed by atoms with Crippen LogP contribution in [0.4, 0.5) is 0 Å². The van der Waals surface area contributed by atoms with E-state index in [9.17, 15) is 13.2 Å². The maximum absolute atomic E-state index is 12.0. The Labute approximate surface area is 111 Å². The molecule has 0 bridgehead atoms. The molecule has 0 saturated heterocycles. The summed E-state index contributed by atoms with van der Waals surface area (Å²) in [5.74, 6) is -0.236. The molecule has 1 N–H and O–H groups in total. The van der Waals surface area contributed by atoms with Crippen LogP contribution in [-0.4, -0.2) is 20.4 Å². The average molecular weight is 288 g/mol.